The smallest absolute Gasteiger partial charge is 0.331 e. The fourth-order valence-corrected chi connectivity index (χ4v) is 1.78. The molecule has 0 saturated heterocycles. The molecule has 18 heavy (non-hydrogen) atoms. The van der Waals surface area contributed by atoms with Crippen LogP contribution in [-0.4, -0.2) is 11.1 Å². The number of carboxylic acids is 1. The molecule has 0 aromatic rings. The number of rotatable bonds is 11. The summed E-state index contributed by atoms with van der Waals surface area (Å²) in [6.45, 7) is 3.86. The fraction of sp³-hybridized carbons (Fsp3) is 0.688. The van der Waals surface area contributed by atoms with Crippen LogP contribution in [0.25, 0.3) is 0 Å². The van der Waals surface area contributed by atoms with E-state index in [1.165, 1.54) is 51.4 Å². The number of hydrogen-bond donors (Lipinski definition) is 1. The fourth-order valence-electron chi connectivity index (χ4n) is 1.78. The molecular formula is C16H28O2. The van der Waals surface area contributed by atoms with E-state index in [1.807, 2.05) is 6.08 Å². The van der Waals surface area contributed by atoms with E-state index >= 15 is 0 Å². The third kappa shape index (κ3) is 11.4. The van der Waals surface area contributed by atoms with Gasteiger partial charge in [-0.3, -0.25) is 0 Å². The van der Waals surface area contributed by atoms with Crippen LogP contribution in [-0.2, 0) is 4.79 Å². The van der Waals surface area contributed by atoms with E-state index in [4.69, 9.17) is 5.11 Å². The van der Waals surface area contributed by atoms with Crippen LogP contribution in [0.1, 0.15) is 71.6 Å². The van der Waals surface area contributed by atoms with Crippen molar-refractivity contribution in [1.82, 2.24) is 0 Å². The lowest BCUT2D eigenvalue weighted by molar-refractivity contribution is -0.132. The zero-order valence-corrected chi connectivity index (χ0v) is 12.0. The average Bonchev–Trinajstić information content (AvgIpc) is 2.35. The molecule has 0 saturated carbocycles. The second kappa shape index (κ2) is 12.4. The van der Waals surface area contributed by atoms with Gasteiger partial charge in [-0.25, -0.2) is 4.79 Å². The van der Waals surface area contributed by atoms with E-state index in [-0.39, 0.29) is 0 Å². The maximum atomic E-state index is 10.5. The van der Waals surface area contributed by atoms with Crippen LogP contribution in [0.4, 0.5) is 0 Å². The summed E-state index contributed by atoms with van der Waals surface area (Å²) in [7, 11) is 0. The third-order valence-corrected chi connectivity index (χ3v) is 3.04. The molecule has 0 fully saturated rings. The molecule has 0 amide bonds. The van der Waals surface area contributed by atoms with Crippen molar-refractivity contribution >= 4 is 5.97 Å². The molecule has 2 nitrogen and oxygen atoms in total. The van der Waals surface area contributed by atoms with E-state index in [1.54, 1.807) is 13.0 Å². The molecule has 0 radical (unpaired) electrons. The Hall–Kier alpha value is -1.05. The molecule has 0 spiro atoms. The van der Waals surface area contributed by atoms with E-state index < -0.39 is 5.97 Å². The zero-order chi connectivity index (χ0) is 13.6. The number of hydrogen-bond acceptors (Lipinski definition) is 1. The van der Waals surface area contributed by atoms with Crippen molar-refractivity contribution in [2.75, 3.05) is 0 Å². The Bertz CT molecular complexity index is 264. The van der Waals surface area contributed by atoms with Crippen molar-refractivity contribution in [3.05, 3.63) is 23.8 Å². The molecule has 0 bridgehead atoms. The lowest BCUT2D eigenvalue weighted by atomic mass is 10.1. The first-order chi connectivity index (χ1) is 8.68. The summed E-state index contributed by atoms with van der Waals surface area (Å²) in [6, 6.07) is 0. The molecule has 1 N–H and O–H groups in total. The molecule has 0 unspecified atom stereocenters. The molecule has 2 heteroatoms. The van der Waals surface area contributed by atoms with Crippen LogP contribution in [0.5, 0.6) is 0 Å². The lowest BCUT2D eigenvalue weighted by Crippen LogP contribution is -1.94. The Morgan fingerprint density at radius 1 is 1.00 bits per heavy atom. The van der Waals surface area contributed by atoms with E-state index in [2.05, 4.69) is 13.0 Å². The van der Waals surface area contributed by atoms with Gasteiger partial charge in [0.25, 0.3) is 0 Å². The quantitative estimate of drug-likeness (QED) is 0.315. The van der Waals surface area contributed by atoms with Crippen molar-refractivity contribution in [3.8, 4) is 0 Å². The molecule has 0 rings (SSSR count). The maximum Gasteiger partial charge on any atom is 0.331 e. The van der Waals surface area contributed by atoms with Gasteiger partial charge in [-0.05, 0) is 19.8 Å². The second-order valence-corrected chi connectivity index (χ2v) is 4.85. The summed E-state index contributed by atoms with van der Waals surface area (Å²) in [5.74, 6) is -0.841. The second-order valence-electron chi connectivity index (χ2n) is 4.85. The average molecular weight is 252 g/mol. The van der Waals surface area contributed by atoms with Gasteiger partial charge in [-0.2, -0.15) is 0 Å². The van der Waals surface area contributed by atoms with Crippen molar-refractivity contribution in [3.63, 3.8) is 0 Å². The summed E-state index contributed by atoms with van der Waals surface area (Å²) in [5.41, 5.74) is 0.391. The van der Waals surface area contributed by atoms with Crippen LogP contribution in [0.2, 0.25) is 0 Å². The molecule has 0 heterocycles. The highest BCUT2D eigenvalue weighted by atomic mass is 16.4. The van der Waals surface area contributed by atoms with Gasteiger partial charge in [0.05, 0.1) is 0 Å². The predicted octanol–water partition coefficient (Wildman–Crippen LogP) is 5.10. The van der Waals surface area contributed by atoms with Gasteiger partial charge in [-0.1, -0.05) is 70.1 Å². The minimum atomic E-state index is -0.841. The monoisotopic (exact) mass is 252 g/mol. The highest BCUT2D eigenvalue weighted by molar-refractivity contribution is 5.86. The maximum absolute atomic E-state index is 10.5. The van der Waals surface area contributed by atoms with Gasteiger partial charge in [-0.15, -0.1) is 0 Å². The van der Waals surface area contributed by atoms with E-state index in [9.17, 15) is 4.79 Å². The van der Waals surface area contributed by atoms with E-state index in [0.717, 1.165) is 6.42 Å². The first-order valence-electron chi connectivity index (χ1n) is 7.25. The Balaban J connectivity index is 3.33. The molecule has 0 aromatic heterocycles. The summed E-state index contributed by atoms with van der Waals surface area (Å²) in [4.78, 5) is 10.5. The van der Waals surface area contributed by atoms with Gasteiger partial charge in [0.1, 0.15) is 0 Å². The van der Waals surface area contributed by atoms with Crippen molar-refractivity contribution < 1.29 is 9.90 Å². The summed E-state index contributed by atoms with van der Waals surface area (Å²) in [5, 5.41) is 8.64. The first-order valence-corrected chi connectivity index (χ1v) is 7.25. The van der Waals surface area contributed by atoms with Gasteiger partial charge < -0.3 is 5.11 Å². The molecule has 0 aromatic carbocycles. The zero-order valence-electron chi connectivity index (χ0n) is 12.0. The standard InChI is InChI=1S/C16H28O2/c1-3-4-5-6-7-8-9-10-11-12-13-14-15(2)16(17)18/h12-14H,3-11H2,1-2H3,(H,17,18). The molecule has 0 aliphatic heterocycles. The normalized spacial score (nSPS) is 12.2. The number of carbonyl (C=O) groups is 1. The van der Waals surface area contributed by atoms with Crippen molar-refractivity contribution in [1.29, 1.82) is 0 Å². The topological polar surface area (TPSA) is 37.3 Å². The van der Waals surface area contributed by atoms with Gasteiger partial charge in [0.15, 0.2) is 0 Å². The summed E-state index contributed by atoms with van der Waals surface area (Å²) >= 11 is 0. The molecular weight excluding hydrogens is 224 g/mol. The van der Waals surface area contributed by atoms with Crippen molar-refractivity contribution in [2.24, 2.45) is 0 Å². The third-order valence-electron chi connectivity index (χ3n) is 3.04. The van der Waals surface area contributed by atoms with Crippen LogP contribution < -0.4 is 0 Å². The molecule has 0 atom stereocenters. The number of unbranched alkanes of at least 4 members (excludes halogenated alkanes) is 8. The van der Waals surface area contributed by atoms with Crippen molar-refractivity contribution in [2.45, 2.75) is 71.6 Å². The summed E-state index contributed by atoms with van der Waals surface area (Å²) < 4.78 is 0. The first kappa shape index (κ1) is 16.9. The van der Waals surface area contributed by atoms with Crippen LogP contribution >= 0.6 is 0 Å². The minimum absolute atomic E-state index is 0.391. The highest BCUT2D eigenvalue weighted by Crippen LogP contribution is 2.09. The van der Waals surface area contributed by atoms with Gasteiger partial charge in [0.2, 0.25) is 0 Å². The number of carboxylic acid groups (broad SMARTS) is 1. The highest BCUT2D eigenvalue weighted by Gasteiger charge is 1.95. The Morgan fingerprint density at radius 2 is 1.56 bits per heavy atom. The van der Waals surface area contributed by atoms with Gasteiger partial charge >= 0.3 is 5.97 Å². The Labute approximate surface area is 112 Å². The number of allylic oxidation sites excluding steroid dienone is 3. The number of aliphatic carboxylic acids is 1. The van der Waals surface area contributed by atoms with Gasteiger partial charge in [0, 0.05) is 5.57 Å². The van der Waals surface area contributed by atoms with E-state index in [0.29, 0.717) is 5.57 Å². The lowest BCUT2D eigenvalue weighted by Gasteiger charge is -1.99. The van der Waals surface area contributed by atoms with Crippen LogP contribution in [0, 0.1) is 0 Å². The molecule has 0 aliphatic rings. The Kier molecular flexibility index (Phi) is 11.7. The molecule has 104 valence electrons. The van der Waals surface area contributed by atoms with Crippen LogP contribution in [0.3, 0.4) is 0 Å². The largest absolute Gasteiger partial charge is 0.478 e. The Morgan fingerprint density at radius 3 is 2.11 bits per heavy atom. The minimum Gasteiger partial charge on any atom is -0.478 e. The predicted molar refractivity (Wildman–Crippen MR) is 77.8 cm³/mol. The SMILES string of the molecule is CCCCCCCCCCC=CC=C(C)C(=O)O. The van der Waals surface area contributed by atoms with Crippen LogP contribution in [0.15, 0.2) is 23.8 Å². The summed E-state index contributed by atoms with van der Waals surface area (Å²) in [6.07, 6.45) is 17.3. The molecule has 0 aliphatic carbocycles.